The number of hydrogen-bond acceptors (Lipinski definition) is 1. The quantitative estimate of drug-likeness (QED) is 0.634. The third kappa shape index (κ3) is 3.06. The molecule has 13 heavy (non-hydrogen) atoms. The molecule has 0 aliphatic carbocycles. The molecule has 1 heteroatoms. The van der Waals surface area contributed by atoms with E-state index in [9.17, 15) is 0 Å². The van der Waals surface area contributed by atoms with Gasteiger partial charge in [0.05, 0.1) is 6.26 Å². The van der Waals surface area contributed by atoms with Gasteiger partial charge in [-0.05, 0) is 36.7 Å². The van der Waals surface area contributed by atoms with Crippen molar-refractivity contribution >= 4 is 0 Å². The zero-order chi connectivity index (χ0) is 9.84. The van der Waals surface area contributed by atoms with E-state index in [1.165, 1.54) is 6.42 Å². The fourth-order valence-corrected chi connectivity index (χ4v) is 1.87. The number of rotatable bonds is 2. The largest absolute Gasteiger partial charge is 0.498 e. The Morgan fingerprint density at radius 1 is 1.38 bits per heavy atom. The number of hydrogen-bond donors (Lipinski definition) is 0. The van der Waals surface area contributed by atoms with E-state index in [1.807, 2.05) is 6.26 Å². The van der Waals surface area contributed by atoms with E-state index in [0.29, 0.717) is 12.0 Å². The summed E-state index contributed by atoms with van der Waals surface area (Å²) in [6.07, 6.45) is 6.81. The molecular weight excluding hydrogens is 160 g/mol. The van der Waals surface area contributed by atoms with Crippen LogP contribution in [0.5, 0.6) is 0 Å². The first kappa shape index (κ1) is 10.6. The molecule has 76 valence electrons. The zero-order valence-electron chi connectivity index (χ0n) is 9.29. The monoisotopic (exact) mass is 182 g/mol. The van der Waals surface area contributed by atoms with Crippen molar-refractivity contribution in [2.24, 2.45) is 17.8 Å². The molecule has 0 saturated heterocycles. The van der Waals surface area contributed by atoms with Crippen LogP contribution in [0.4, 0.5) is 0 Å². The highest BCUT2D eigenvalue weighted by Crippen LogP contribution is 2.28. The van der Waals surface area contributed by atoms with E-state index in [2.05, 4.69) is 33.8 Å². The molecule has 1 aliphatic heterocycles. The number of ether oxygens (including phenoxy) is 1. The summed E-state index contributed by atoms with van der Waals surface area (Å²) in [4.78, 5) is 0. The van der Waals surface area contributed by atoms with E-state index < -0.39 is 0 Å². The van der Waals surface area contributed by atoms with E-state index in [-0.39, 0.29) is 0 Å². The lowest BCUT2D eigenvalue weighted by Gasteiger charge is -2.27. The minimum atomic E-state index is 0.425. The second-order valence-electron chi connectivity index (χ2n) is 4.75. The van der Waals surface area contributed by atoms with Gasteiger partial charge in [-0.25, -0.2) is 0 Å². The van der Waals surface area contributed by atoms with E-state index in [0.717, 1.165) is 18.3 Å². The first-order valence-electron chi connectivity index (χ1n) is 5.41. The fourth-order valence-electron chi connectivity index (χ4n) is 1.87. The first-order valence-corrected chi connectivity index (χ1v) is 5.41. The minimum absolute atomic E-state index is 0.425. The van der Waals surface area contributed by atoms with Gasteiger partial charge >= 0.3 is 0 Å². The molecule has 3 unspecified atom stereocenters. The highest BCUT2D eigenvalue weighted by molar-refractivity contribution is 4.86. The summed E-state index contributed by atoms with van der Waals surface area (Å²) in [6, 6.07) is 0. The molecule has 1 rings (SSSR count). The van der Waals surface area contributed by atoms with Crippen molar-refractivity contribution in [2.75, 3.05) is 0 Å². The molecule has 0 aromatic rings. The maximum Gasteiger partial charge on any atom is 0.101 e. The van der Waals surface area contributed by atoms with Crippen molar-refractivity contribution in [3.63, 3.8) is 0 Å². The second-order valence-corrected chi connectivity index (χ2v) is 4.75. The van der Waals surface area contributed by atoms with Crippen LogP contribution in [0.15, 0.2) is 12.3 Å². The van der Waals surface area contributed by atoms with E-state index >= 15 is 0 Å². The van der Waals surface area contributed by atoms with Gasteiger partial charge in [0, 0.05) is 0 Å². The van der Waals surface area contributed by atoms with Crippen LogP contribution in [0, 0.1) is 17.8 Å². The molecule has 0 radical (unpaired) electrons. The third-order valence-corrected chi connectivity index (χ3v) is 3.05. The molecule has 0 aromatic heterocycles. The highest BCUT2D eigenvalue weighted by atomic mass is 16.5. The van der Waals surface area contributed by atoms with Crippen LogP contribution in [0.1, 0.15) is 40.5 Å². The Hall–Kier alpha value is -0.460. The normalized spacial score (nSPS) is 34.4. The van der Waals surface area contributed by atoms with Gasteiger partial charge < -0.3 is 4.74 Å². The summed E-state index contributed by atoms with van der Waals surface area (Å²) in [7, 11) is 0. The fraction of sp³-hybridized carbons (Fsp3) is 0.833. The Kier molecular flexibility index (Phi) is 3.83. The zero-order valence-corrected chi connectivity index (χ0v) is 9.29. The topological polar surface area (TPSA) is 9.23 Å². The van der Waals surface area contributed by atoms with Crippen molar-refractivity contribution in [1.29, 1.82) is 0 Å². The van der Waals surface area contributed by atoms with Crippen LogP contribution < -0.4 is 0 Å². The Labute approximate surface area is 82.2 Å². The van der Waals surface area contributed by atoms with Crippen molar-refractivity contribution in [3.8, 4) is 0 Å². The maximum atomic E-state index is 5.72. The third-order valence-electron chi connectivity index (χ3n) is 3.05. The summed E-state index contributed by atoms with van der Waals surface area (Å²) >= 11 is 0. The molecule has 0 aromatic carbocycles. The van der Waals surface area contributed by atoms with Crippen LogP contribution in [0.2, 0.25) is 0 Å². The van der Waals surface area contributed by atoms with Crippen molar-refractivity contribution in [1.82, 2.24) is 0 Å². The van der Waals surface area contributed by atoms with Gasteiger partial charge in [-0.3, -0.25) is 0 Å². The summed E-state index contributed by atoms with van der Waals surface area (Å²) in [6.45, 7) is 9.15. The summed E-state index contributed by atoms with van der Waals surface area (Å²) < 4.78 is 5.72. The molecule has 0 N–H and O–H groups in total. The lowest BCUT2D eigenvalue weighted by molar-refractivity contribution is 0.0601. The standard InChI is InChI=1S/C12H22O/c1-9(2)8-12-11(4)10(3)6-5-7-13-12/h5,7,9-12H,6,8H2,1-4H3. The minimum Gasteiger partial charge on any atom is -0.498 e. The van der Waals surface area contributed by atoms with E-state index in [4.69, 9.17) is 4.74 Å². The molecule has 1 heterocycles. The Balaban J connectivity index is 2.54. The van der Waals surface area contributed by atoms with E-state index in [1.54, 1.807) is 0 Å². The smallest absolute Gasteiger partial charge is 0.101 e. The SMILES string of the molecule is CC(C)CC1OC=CCC(C)C1C. The Bertz CT molecular complexity index is 172. The summed E-state index contributed by atoms with van der Waals surface area (Å²) in [5.41, 5.74) is 0. The summed E-state index contributed by atoms with van der Waals surface area (Å²) in [5, 5.41) is 0. The van der Waals surface area contributed by atoms with Gasteiger partial charge in [-0.2, -0.15) is 0 Å². The molecule has 0 bridgehead atoms. The van der Waals surface area contributed by atoms with Gasteiger partial charge in [0.1, 0.15) is 6.10 Å². The first-order chi connectivity index (χ1) is 6.11. The molecular formula is C12H22O. The highest BCUT2D eigenvalue weighted by Gasteiger charge is 2.25. The molecule has 0 spiro atoms. The maximum absolute atomic E-state index is 5.72. The second kappa shape index (κ2) is 4.69. The summed E-state index contributed by atoms with van der Waals surface area (Å²) in [5.74, 6) is 2.16. The molecule has 0 saturated carbocycles. The average molecular weight is 182 g/mol. The Morgan fingerprint density at radius 3 is 2.69 bits per heavy atom. The molecule has 3 atom stereocenters. The van der Waals surface area contributed by atoms with Crippen LogP contribution in [0.25, 0.3) is 0 Å². The van der Waals surface area contributed by atoms with Crippen molar-refractivity contribution in [3.05, 3.63) is 12.3 Å². The lowest BCUT2D eigenvalue weighted by atomic mass is 9.85. The van der Waals surface area contributed by atoms with Crippen LogP contribution in [0.3, 0.4) is 0 Å². The molecule has 1 aliphatic rings. The average Bonchev–Trinajstić information content (AvgIpc) is 2.19. The number of allylic oxidation sites excluding steroid dienone is 1. The van der Waals surface area contributed by atoms with Crippen molar-refractivity contribution in [2.45, 2.75) is 46.6 Å². The van der Waals surface area contributed by atoms with Crippen LogP contribution in [-0.2, 0) is 4.74 Å². The molecule has 0 fully saturated rings. The predicted molar refractivity (Wildman–Crippen MR) is 56.4 cm³/mol. The molecule has 1 nitrogen and oxygen atoms in total. The van der Waals surface area contributed by atoms with Gasteiger partial charge in [0.2, 0.25) is 0 Å². The predicted octanol–water partition coefficient (Wildman–Crippen LogP) is 3.61. The van der Waals surface area contributed by atoms with Crippen molar-refractivity contribution < 1.29 is 4.74 Å². The van der Waals surface area contributed by atoms with Gasteiger partial charge in [0.15, 0.2) is 0 Å². The van der Waals surface area contributed by atoms with Gasteiger partial charge in [-0.15, -0.1) is 0 Å². The van der Waals surface area contributed by atoms with Gasteiger partial charge in [-0.1, -0.05) is 27.7 Å². The molecule has 0 amide bonds. The van der Waals surface area contributed by atoms with Crippen LogP contribution >= 0.6 is 0 Å². The van der Waals surface area contributed by atoms with Gasteiger partial charge in [0.25, 0.3) is 0 Å². The lowest BCUT2D eigenvalue weighted by Crippen LogP contribution is -2.25. The Morgan fingerprint density at radius 2 is 2.08 bits per heavy atom. The van der Waals surface area contributed by atoms with Crippen LogP contribution in [-0.4, -0.2) is 6.10 Å².